The molecular formula is C24H33ClN2O4S. The molecular weight excluding hydrogens is 448 g/mol. The first-order chi connectivity index (χ1) is 15.2. The molecule has 1 aromatic rings. The summed E-state index contributed by atoms with van der Waals surface area (Å²) in [7, 11) is 0. The van der Waals surface area contributed by atoms with Crippen LogP contribution in [0.2, 0.25) is 5.02 Å². The number of hydrogen-bond donors (Lipinski definition) is 1. The summed E-state index contributed by atoms with van der Waals surface area (Å²) in [5.41, 5.74) is 0.654. The van der Waals surface area contributed by atoms with E-state index in [-0.39, 0.29) is 41.5 Å². The van der Waals surface area contributed by atoms with Crippen LogP contribution in [-0.4, -0.2) is 59.6 Å². The van der Waals surface area contributed by atoms with Crippen molar-refractivity contribution in [3.8, 4) is 5.75 Å². The Bertz CT molecular complexity index is 880. The summed E-state index contributed by atoms with van der Waals surface area (Å²) >= 11 is 7.97. The van der Waals surface area contributed by atoms with Gasteiger partial charge in [-0.25, -0.2) is 0 Å². The molecule has 0 saturated carbocycles. The topological polar surface area (TPSA) is 67.9 Å². The van der Waals surface area contributed by atoms with Crippen LogP contribution in [0.15, 0.2) is 18.2 Å². The summed E-state index contributed by atoms with van der Waals surface area (Å²) in [6.07, 6.45) is 4.43. The molecule has 0 spiro atoms. The zero-order valence-corrected chi connectivity index (χ0v) is 20.8. The fourth-order valence-corrected chi connectivity index (χ4v) is 6.09. The minimum absolute atomic E-state index is 0.0195. The first-order valence-corrected chi connectivity index (χ1v) is 13.2. The number of likely N-dealkylation sites (tertiary alicyclic amines) is 1. The Hall–Kier alpha value is -1.44. The molecule has 8 heteroatoms. The monoisotopic (exact) mass is 480 g/mol. The Balaban J connectivity index is 1.50. The Labute approximate surface area is 199 Å². The van der Waals surface area contributed by atoms with E-state index >= 15 is 0 Å². The quantitative estimate of drug-likeness (QED) is 0.688. The molecule has 2 amide bonds. The fraction of sp³-hybridized carbons (Fsp3) is 0.667. The van der Waals surface area contributed by atoms with Crippen LogP contribution in [0.5, 0.6) is 5.75 Å². The molecule has 2 fully saturated rings. The highest BCUT2D eigenvalue weighted by molar-refractivity contribution is 7.98. The lowest BCUT2D eigenvalue weighted by Gasteiger charge is -2.53. The average molecular weight is 481 g/mol. The van der Waals surface area contributed by atoms with Gasteiger partial charge in [0, 0.05) is 42.4 Å². The van der Waals surface area contributed by atoms with Gasteiger partial charge in [-0.15, -0.1) is 0 Å². The van der Waals surface area contributed by atoms with Gasteiger partial charge >= 0.3 is 0 Å². The van der Waals surface area contributed by atoms with Crippen molar-refractivity contribution in [1.29, 1.82) is 0 Å². The Morgan fingerprint density at radius 2 is 2.16 bits per heavy atom. The lowest BCUT2D eigenvalue weighted by molar-refractivity contribution is -0.189. The summed E-state index contributed by atoms with van der Waals surface area (Å²) in [5, 5.41) is 3.54. The van der Waals surface area contributed by atoms with Crippen LogP contribution in [-0.2, 0) is 14.3 Å². The number of carbonyl (C=O) groups is 2. The number of amides is 2. The number of benzene rings is 1. The van der Waals surface area contributed by atoms with E-state index < -0.39 is 6.04 Å². The summed E-state index contributed by atoms with van der Waals surface area (Å²) in [6.45, 7) is 7.01. The summed E-state index contributed by atoms with van der Waals surface area (Å²) in [4.78, 5) is 26.8. The van der Waals surface area contributed by atoms with Crippen molar-refractivity contribution in [3.05, 3.63) is 28.8 Å². The van der Waals surface area contributed by atoms with E-state index in [1.54, 1.807) is 11.8 Å². The van der Waals surface area contributed by atoms with E-state index in [4.69, 9.17) is 21.1 Å². The van der Waals surface area contributed by atoms with E-state index in [0.717, 1.165) is 29.9 Å². The molecule has 0 bridgehead atoms. The number of nitrogens with zero attached hydrogens (tertiary/aromatic N) is 1. The van der Waals surface area contributed by atoms with E-state index in [1.165, 1.54) is 6.92 Å². The molecule has 1 aromatic carbocycles. The molecule has 0 aromatic heterocycles. The molecule has 176 valence electrons. The van der Waals surface area contributed by atoms with Gasteiger partial charge in [-0.3, -0.25) is 9.59 Å². The van der Waals surface area contributed by atoms with Crippen LogP contribution in [0.3, 0.4) is 0 Å². The van der Waals surface area contributed by atoms with Crippen molar-refractivity contribution in [3.63, 3.8) is 0 Å². The van der Waals surface area contributed by atoms with Gasteiger partial charge in [0.15, 0.2) is 0 Å². The van der Waals surface area contributed by atoms with Crippen LogP contribution >= 0.6 is 23.4 Å². The third-order valence-corrected chi connectivity index (χ3v) is 7.93. The standard InChI is InChI=1S/C24H33ClN2O4S/c1-14(28)26-19(8-10-32-4)23(29)27-9-7-20-15(13-27)11-18-22(30-20)17-12-16(25)5-6-21(17)31-24(18,2)3/h5-6,12,15,18-20,22H,7-11,13H2,1-4H3,(H,26,28)/t15-,18+,19-,20+,22-/m0/s1. The van der Waals surface area contributed by atoms with E-state index in [9.17, 15) is 9.59 Å². The Morgan fingerprint density at radius 1 is 1.38 bits per heavy atom. The van der Waals surface area contributed by atoms with Gasteiger partial charge in [-0.1, -0.05) is 11.6 Å². The maximum atomic E-state index is 13.2. The van der Waals surface area contributed by atoms with Gasteiger partial charge in [-0.05, 0) is 63.3 Å². The maximum Gasteiger partial charge on any atom is 0.245 e. The molecule has 3 heterocycles. The van der Waals surface area contributed by atoms with Crippen molar-refractivity contribution in [2.75, 3.05) is 25.1 Å². The van der Waals surface area contributed by atoms with Crippen molar-refractivity contribution >= 4 is 35.2 Å². The van der Waals surface area contributed by atoms with Gasteiger partial charge in [0.05, 0.1) is 12.2 Å². The molecule has 0 aliphatic carbocycles. The third-order valence-electron chi connectivity index (χ3n) is 7.05. The van der Waals surface area contributed by atoms with Crippen molar-refractivity contribution in [1.82, 2.24) is 10.2 Å². The van der Waals surface area contributed by atoms with Gasteiger partial charge in [0.2, 0.25) is 11.8 Å². The number of nitrogens with one attached hydrogen (secondary N) is 1. The number of halogens is 1. The average Bonchev–Trinajstić information content (AvgIpc) is 2.75. The molecule has 6 nitrogen and oxygen atoms in total. The van der Waals surface area contributed by atoms with Crippen molar-refractivity contribution in [2.24, 2.45) is 11.8 Å². The number of ether oxygens (including phenoxy) is 2. The normalized spacial score (nSPS) is 29.1. The maximum absolute atomic E-state index is 13.2. The number of rotatable bonds is 5. The molecule has 2 saturated heterocycles. The van der Waals surface area contributed by atoms with Crippen LogP contribution in [0.4, 0.5) is 0 Å². The largest absolute Gasteiger partial charge is 0.487 e. The van der Waals surface area contributed by atoms with Crippen LogP contribution in [0.25, 0.3) is 0 Å². The second kappa shape index (κ2) is 9.43. The van der Waals surface area contributed by atoms with Crippen LogP contribution < -0.4 is 10.1 Å². The minimum atomic E-state index is -0.461. The highest BCUT2D eigenvalue weighted by Crippen LogP contribution is 2.53. The van der Waals surface area contributed by atoms with E-state index in [1.807, 2.05) is 29.4 Å². The summed E-state index contributed by atoms with van der Waals surface area (Å²) in [6, 6.07) is 5.29. The number of fused-ring (bicyclic) bond motifs is 4. The Kier molecular flexibility index (Phi) is 6.99. The third kappa shape index (κ3) is 4.75. The first kappa shape index (κ1) is 23.7. The molecule has 4 rings (SSSR count). The Morgan fingerprint density at radius 3 is 2.88 bits per heavy atom. The zero-order valence-electron chi connectivity index (χ0n) is 19.2. The number of thioether (sulfide) groups is 1. The van der Waals surface area contributed by atoms with Gasteiger partial charge in [0.1, 0.15) is 17.4 Å². The molecule has 32 heavy (non-hydrogen) atoms. The summed E-state index contributed by atoms with van der Waals surface area (Å²) < 4.78 is 13.0. The van der Waals surface area contributed by atoms with E-state index in [0.29, 0.717) is 24.5 Å². The lowest BCUT2D eigenvalue weighted by atomic mass is 9.70. The summed E-state index contributed by atoms with van der Waals surface area (Å²) in [5.74, 6) is 1.95. The van der Waals surface area contributed by atoms with Gasteiger partial charge in [0.25, 0.3) is 0 Å². The zero-order chi connectivity index (χ0) is 23.0. The molecule has 5 atom stereocenters. The fourth-order valence-electron chi connectivity index (χ4n) is 5.44. The molecule has 1 N–H and O–H groups in total. The van der Waals surface area contributed by atoms with Crippen LogP contribution in [0.1, 0.15) is 51.7 Å². The highest BCUT2D eigenvalue weighted by Gasteiger charge is 2.51. The first-order valence-electron chi connectivity index (χ1n) is 11.4. The van der Waals surface area contributed by atoms with Crippen LogP contribution in [0, 0.1) is 11.8 Å². The van der Waals surface area contributed by atoms with Crippen molar-refractivity contribution in [2.45, 2.75) is 63.9 Å². The molecule has 0 unspecified atom stereocenters. The molecule has 3 aliphatic rings. The molecule has 3 aliphatic heterocycles. The number of hydrogen-bond acceptors (Lipinski definition) is 5. The minimum Gasteiger partial charge on any atom is -0.487 e. The SMILES string of the molecule is CSCC[C@H](NC(C)=O)C(=O)N1CC[C@H]2O[C@H]3c4cc(Cl)ccc4OC(C)(C)[C@@H]3C[C@H]2C1. The second-order valence-electron chi connectivity index (χ2n) is 9.69. The predicted octanol–water partition coefficient (Wildman–Crippen LogP) is 4.06. The predicted molar refractivity (Wildman–Crippen MR) is 127 cm³/mol. The lowest BCUT2D eigenvalue weighted by Crippen LogP contribution is -2.58. The van der Waals surface area contributed by atoms with E-state index in [2.05, 4.69) is 19.2 Å². The van der Waals surface area contributed by atoms with Gasteiger partial charge < -0.3 is 19.7 Å². The number of piperidine rings is 1. The highest BCUT2D eigenvalue weighted by atomic mass is 35.5. The molecule has 0 radical (unpaired) electrons. The van der Waals surface area contributed by atoms with Gasteiger partial charge in [-0.2, -0.15) is 11.8 Å². The smallest absolute Gasteiger partial charge is 0.245 e. The number of carbonyl (C=O) groups excluding carboxylic acids is 2. The van der Waals surface area contributed by atoms with Crippen molar-refractivity contribution < 1.29 is 19.1 Å². The second-order valence-corrected chi connectivity index (χ2v) is 11.1.